The van der Waals surface area contributed by atoms with Crippen molar-refractivity contribution in [1.82, 2.24) is 10.4 Å². The molecule has 0 unspecified atom stereocenters. The van der Waals surface area contributed by atoms with E-state index in [2.05, 4.69) is 22.4 Å². The van der Waals surface area contributed by atoms with Crippen molar-refractivity contribution < 1.29 is 14.3 Å². The van der Waals surface area contributed by atoms with Crippen LogP contribution in [0.1, 0.15) is 72.6 Å². The average Bonchev–Trinajstić information content (AvgIpc) is 3.22. The Labute approximate surface area is 195 Å². The molecule has 0 atom stereocenters. The predicted molar refractivity (Wildman–Crippen MR) is 133 cm³/mol. The standard InChI is InChI=1S/C27H33N3O3/c1-3-4-5-8-15-33-25-14-11-19(16-26(25)32-2)18-28-30-27(31)20-12-13-24-22(17-20)21-9-6-7-10-23(21)29-24/h11-14,16-18,29H,3-10,15H2,1-2H3,(H,30,31)/b28-18-. The molecule has 0 saturated heterocycles. The van der Waals surface area contributed by atoms with Crippen molar-refractivity contribution in [3.8, 4) is 11.5 Å². The summed E-state index contributed by atoms with van der Waals surface area (Å²) in [5, 5.41) is 5.29. The summed E-state index contributed by atoms with van der Waals surface area (Å²) in [6, 6.07) is 11.4. The number of rotatable bonds is 10. The quantitative estimate of drug-likeness (QED) is 0.235. The summed E-state index contributed by atoms with van der Waals surface area (Å²) in [6.45, 7) is 2.87. The van der Waals surface area contributed by atoms with Gasteiger partial charge in [-0.15, -0.1) is 0 Å². The monoisotopic (exact) mass is 447 g/mol. The second-order valence-electron chi connectivity index (χ2n) is 8.57. The van der Waals surface area contributed by atoms with Gasteiger partial charge in [-0.25, -0.2) is 5.43 Å². The minimum absolute atomic E-state index is 0.224. The van der Waals surface area contributed by atoms with E-state index < -0.39 is 0 Å². The molecule has 0 spiro atoms. The van der Waals surface area contributed by atoms with Crippen LogP contribution in [0.4, 0.5) is 0 Å². The second kappa shape index (κ2) is 11.0. The number of aryl methyl sites for hydroxylation is 2. The average molecular weight is 448 g/mol. The van der Waals surface area contributed by atoms with Gasteiger partial charge in [0.15, 0.2) is 11.5 Å². The highest BCUT2D eigenvalue weighted by Gasteiger charge is 2.16. The number of carbonyl (C=O) groups excluding carboxylic acids is 1. The zero-order valence-electron chi connectivity index (χ0n) is 19.6. The molecule has 6 heteroatoms. The lowest BCUT2D eigenvalue weighted by Crippen LogP contribution is -2.17. The summed E-state index contributed by atoms with van der Waals surface area (Å²) in [5.74, 6) is 1.15. The number of carbonyl (C=O) groups is 1. The number of H-pyrrole nitrogens is 1. The van der Waals surface area contributed by atoms with Crippen LogP contribution in [-0.2, 0) is 12.8 Å². The summed E-state index contributed by atoms with van der Waals surface area (Å²) >= 11 is 0. The van der Waals surface area contributed by atoms with Crippen molar-refractivity contribution in [2.45, 2.75) is 58.3 Å². The van der Waals surface area contributed by atoms with Gasteiger partial charge in [-0.2, -0.15) is 5.10 Å². The molecule has 174 valence electrons. The van der Waals surface area contributed by atoms with Crippen LogP contribution in [0.2, 0.25) is 0 Å². The van der Waals surface area contributed by atoms with Crippen molar-refractivity contribution in [1.29, 1.82) is 0 Å². The highest BCUT2D eigenvalue weighted by Crippen LogP contribution is 2.30. The van der Waals surface area contributed by atoms with E-state index in [9.17, 15) is 4.79 Å². The third-order valence-corrected chi connectivity index (χ3v) is 6.18. The lowest BCUT2D eigenvalue weighted by atomic mass is 9.95. The zero-order chi connectivity index (χ0) is 23.0. The van der Waals surface area contributed by atoms with Crippen LogP contribution >= 0.6 is 0 Å². The van der Waals surface area contributed by atoms with Gasteiger partial charge in [0.1, 0.15) is 0 Å². The predicted octanol–water partition coefficient (Wildman–Crippen LogP) is 5.78. The summed E-state index contributed by atoms with van der Waals surface area (Å²) < 4.78 is 11.3. The van der Waals surface area contributed by atoms with Crippen molar-refractivity contribution >= 4 is 23.0 Å². The van der Waals surface area contributed by atoms with Gasteiger partial charge >= 0.3 is 0 Å². The van der Waals surface area contributed by atoms with Gasteiger partial charge < -0.3 is 14.5 Å². The van der Waals surface area contributed by atoms with Gasteiger partial charge in [0, 0.05) is 22.2 Å². The topological polar surface area (TPSA) is 75.7 Å². The first-order chi connectivity index (χ1) is 16.2. The first-order valence-corrected chi connectivity index (χ1v) is 12.0. The van der Waals surface area contributed by atoms with E-state index in [1.807, 2.05) is 36.4 Å². The molecule has 6 nitrogen and oxygen atoms in total. The van der Waals surface area contributed by atoms with Gasteiger partial charge in [0.2, 0.25) is 0 Å². The first kappa shape index (κ1) is 22.9. The molecular formula is C27H33N3O3. The summed E-state index contributed by atoms with van der Waals surface area (Å²) in [7, 11) is 1.62. The molecule has 2 N–H and O–H groups in total. The minimum Gasteiger partial charge on any atom is -0.493 e. The van der Waals surface area contributed by atoms with E-state index in [-0.39, 0.29) is 5.91 Å². The Morgan fingerprint density at radius 3 is 2.82 bits per heavy atom. The van der Waals surface area contributed by atoms with Crippen molar-refractivity contribution in [3.05, 3.63) is 58.8 Å². The minimum atomic E-state index is -0.224. The van der Waals surface area contributed by atoms with Crippen LogP contribution in [0.5, 0.6) is 11.5 Å². The van der Waals surface area contributed by atoms with E-state index in [4.69, 9.17) is 9.47 Å². The molecule has 1 aliphatic rings. The first-order valence-electron chi connectivity index (χ1n) is 12.0. The number of fused-ring (bicyclic) bond motifs is 3. The summed E-state index contributed by atoms with van der Waals surface area (Å²) in [5.41, 5.74) is 7.83. The Balaban J connectivity index is 1.37. The van der Waals surface area contributed by atoms with Crippen LogP contribution in [-0.4, -0.2) is 30.8 Å². The normalized spacial score (nSPS) is 13.3. The lowest BCUT2D eigenvalue weighted by molar-refractivity contribution is 0.0955. The molecule has 0 bridgehead atoms. The van der Waals surface area contributed by atoms with Crippen LogP contribution in [0.15, 0.2) is 41.5 Å². The maximum Gasteiger partial charge on any atom is 0.271 e. The molecule has 1 amide bonds. The summed E-state index contributed by atoms with van der Waals surface area (Å²) in [4.78, 5) is 16.2. The van der Waals surface area contributed by atoms with E-state index in [1.165, 1.54) is 43.4 Å². The number of aromatic amines is 1. The largest absolute Gasteiger partial charge is 0.493 e. The third kappa shape index (κ3) is 5.56. The molecule has 0 radical (unpaired) electrons. The maximum atomic E-state index is 12.7. The highest BCUT2D eigenvalue weighted by molar-refractivity contribution is 5.99. The molecule has 0 saturated carbocycles. The third-order valence-electron chi connectivity index (χ3n) is 6.18. The van der Waals surface area contributed by atoms with Gasteiger partial charge in [-0.1, -0.05) is 26.2 Å². The number of nitrogens with zero attached hydrogens (tertiary/aromatic N) is 1. The number of nitrogens with one attached hydrogen (secondary N) is 2. The van der Waals surface area contributed by atoms with Crippen LogP contribution in [0.25, 0.3) is 10.9 Å². The number of amides is 1. The van der Waals surface area contributed by atoms with Crippen molar-refractivity contribution in [2.75, 3.05) is 13.7 Å². The molecule has 1 heterocycles. The Bertz CT molecular complexity index is 1130. The number of hydrogen-bond acceptors (Lipinski definition) is 4. The Morgan fingerprint density at radius 1 is 1.09 bits per heavy atom. The number of ether oxygens (including phenoxy) is 2. The summed E-state index contributed by atoms with van der Waals surface area (Å²) in [6.07, 6.45) is 10.8. The van der Waals surface area contributed by atoms with E-state index in [0.29, 0.717) is 17.9 Å². The molecule has 1 aromatic heterocycles. The molecule has 1 aliphatic carbocycles. The number of hydrogen-bond donors (Lipinski definition) is 2. The van der Waals surface area contributed by atoms with Gasteiger partial charge in [-0.3, -0.25) is 4.79 Å². The van der Waals surface area contributed by atoms with Crippen LogP contribution in [0, 0.1) is 0 Å². The smallest absolute Gasteiger partial charge is 0.271 e. The molecule has 4 rings (SSSR count). The molecule has 3 aromatic rings. The molecule has 33 heavy (non-hydrogen) atoms. The van der Waals surface area contributed by atoms with Gasteiger partial charge in [-0.05, 0) is 79.6 Å². The van der Waals surface area contributed by atoms with Gasteiger partial charge in [0.25, 0.3) is 5.91 Å². The van der Waals surface area contributed by atoms with Gasteiger partial charge in [0.05, 0.1) is 19.9 Å². The number of hydrazone groups is 1. The molecule has 0 aliphatic heterocycles. The molecule has 2 aromatic carbocycles. The van der Waals surface area contributed by atoms with E-state index in [1.54, 1.807) is 13.3 Å². The fourth-order valence-electron chi connectivity index (χ4n) is 4.37. The number of benzene rings is 2. The van der Waals surface area contributed by atoms with Crippen LogP contribution in [0.3, 0.4) is 0 Å². The molecular weight excluding hydrogens is 414 g/mol. The SMILES string of the molecule is CCCCCCOc1ccc(/C=N\NC(=O)c2ccc3[nH]c4c(c3c2)CCCC4)cc1OC. The van der Waals surface area contributed by atoms with Crippen molar-refractivity contribution in [2.24, 2.45) is 5.10 Å². The number of methoxy groups -OCH3 is 1. The number of unbranched alkanes of at least 4 members (excludes halogenated alkanes) is 3. The zero-order valence-corrected chi connectivity index (χ0v) is 19.6. The van der Waals surface area contributed by atoms with E-state index >= 15 is 0 Å². The number of aromatic nitrogens is 1. The van der Waals surface area contributed by atoms with Crippen LogP contribution < -0.4 is 14.9 Å². The fourth-order valence-corrected chi connectivity index (χ4v) is 4.37. The van der Waals surface area contributed by atoms with Crippen molar-refractivity contribution in [3.63, 3.8) is 0 Å². The fraction of sp³-hybridized carbons (Fsp3) is 0.407. The lowest BCUT2D eigenvalue weighted by Gasteiger charge is -2.11. The Kier molecular flexibility index (Phi) is 7.66. The highest BCUT2D eigenvalue weighted by atomic mass is 16.5. The molecule has 0 fully saturated rings. The Hall–Kier alpha value is -3.28. The van der Waals surface area contributed by atoms with E-state index in [0.717, 1.165) is 41.5 Å². The second-order valence-corrected chi connectivity index (χ2v) is 8.57. The maximum absolute atomic E-state index is 12.7. The Morgan fingerprint density at radius 2 is 1.97 bits per heavy atom.